The van der Waals surface area contributed by atoms with Gasteiger partial charge in [-0.25, -0.2) is 0 Å². The van der Waals surface area contributed by atoms with Crippen LogP contribution in [0.1, 0.15) is 69.3 Å². The summed E-state index contributed by atoms with van der Waals surface area (Å²) >= 11 is 1.49. The van der Waals surface area contributed by atoms with Crippen molar-refractivity contribution in [1.82, 2.24) is 25.0 Å². The number of hydrogen-bond acceptors (Lipinski definition) is 5. The van der Waals surface area contributed by atoms with E-state index in [4.69, 9.17) is 0 Å². The van der Waals surface area contributed by atoms with Gasteiger partial charge in [0.15, 0.2) is 11.0 Å². The number of carbonyl (C=O) groups is 1. The zero-order valence-corrected chi connectivity index (χ0v) is 19.3. The van der Waals surface area contributed by atoms with E-state index in [0.29, 0.717) is 18.3 Å². The van der Waals surface area contributed by atoms with Crippen LogP contribution in [0.15, 0.2) is 35.5 Å². The Hall–Kier alpha value is -1.86. The summed E-state index contributed by atoms with van der Waals surface area (Å²) in [5.41, 5.74) is 1.21. The van der Waals surface area contributed by atoms with E-state index >= 15 is 0 Å². The molecule has 1 aliphatic rings. The van der Waals surface area contributed by atoms with E-state index in [1.54, 1.807) is 0 Å². The second-order valence-electron chi connectivity index (χ2n) is 8.34. The highest BCUT2D eigenvalue weighted by atomic mass is 32.2. The normalized spacial score (nSPS) is 16.4. The lowest BCUT2D eigenvalue weighted by atomic mass is 10.1. The molecule has 1 heterocycles. The molecule has 164 valence electrons. The minimum atomic E-state index is 0.0994. The van der Waals surface area contributed by atoms with Crippen LogP contribution in [0.4, 0.5) is 0 Å². The summed E-state index contributed by atoms with van der Waals surface area (Å²) in [6.07, 6.45) is 8.17. The van der Waals surface area contributed by atoms with Crippen LogP contribution in [0.25, 0.3) is 0 Å². The lowest BCUT2D eigenvalue weighted by Crippen LogP contribution is -2.35. The molecular formula is C23H35N5OS. The van der Waals surface area contributed by atoms with Gasteiger partial charge in [0, 0.05) is 6.04 Å². The maximum atomic E-state index is 12.6. The molecule has 3 rings (SSSR count). The van der Waals surface area contributed by atoms with Crippen molar-refractivity contribution in [3.8, 4) is 0 Å². The van der Waals surface area contributed by atoms with Gasteiger partial charge in [0.1, 0.15) is 0 Å². The minimum absolute atomic E-state index is 0.0994. The predicted molar refractivity (Wildman–Crippen MR) is 123 cm³/mol. The third-order valence-corrected chi connectivity index (χ3v) is 6.76. The number of benzene rings is 1. The monoisotopic (exact) mass is 429 g/mol. The molecule has 1 fully saturated rings. The van der Waals surface area contributed by atoms with Gasteiger partial charge in [-0.1, -0.05) is 74.7 Å². The van der Waals surface area contributed by atoms with Gasteiger partial charge in [0.05, 0.1) is 18.3 Å². The van der Waals surface area contributed by atoms with E-state index in [2.05, 4.69) is 70.3 Å². The van der Waals surface area contributed by atoms with E-state index < -0.39 is 0 Å². The Labute approximate surface area is 184 Å². The highest BCUT2D eigenvalue weighted by Gasteiger charge is 2.23. The van der Waals surface area contributed by atoms with Crippen molar-refractivity contribution in [1.29, 1.82) is 0 Å². The van der Waals surface area contributed by atoms with Crippen LogP contribution >= 0.6 is 11.8 Å². The number of nitrogens with zero attached hydrogens (tertiary/aromatic N) is 4. The first kappa shape index (κ1) is 22.8. The predicted octanol–water partition coefficient (Wildman–Crippen LogP) is 4.27. The second kappa shape index (κ2) is 11.5. The van der Waals surface area contributed by atoms with Crippen LogP contribution in [0.3, 0.4) is 0 Å². The molecular weight excluding hydrogens is 394 g/mol. The molecule has 0 spiro atoms. The van der Waals surface area contributed by atoms with E-state index in [9.17, 15) is 4.79 Å². The molecule has 1 amide bonds. The summed E-state index contributed by atoms with van der Waals surface area (Å²) in [5.74, 6) is 1.43. The molecule has 0 bridgehead atoms. The average molecular weight is 430 g/mol. The molecule has 1 atom stereocenters. The largest absolute Gasteiger partial charge is 0.353 e. The third kappa shape index (κ3) is 6.32. The molecule has 1 aliphatic carbocycles. The van der Waals surface area contributed by atoms with Gasteiger partial charge >= 0.3 is 0 Å². The van der Waals surface area contributed by atoms with Crippen molar-refractivity contribution in [2.75, 3.05) is 19.8 Å². The minimum Gasteiger partial charge on any atom is -0.353 e. The third-order valence-electron chi connectivity index (χ3n) is 5.79. The Kier molecular flexibility index (Phi) is 8.75. The fraction of sp³-hybridized carbons (Fsp3) is 0.609. The highest BCUT2D eigenvalue weighted by Crippen LogP contribution is 2.26. The number of nitrogens with one attached hydrogen (secondary N) is 1. The standard InChI is InChI=1S/C23H35N5OS/c1-4-20(27(2)3)22-25-26-23(28(22)16-18-12-8-7-9-13-18)30-17-21(29)24-19-14-10-5-6-11-15-19/h7-9,12-13,19-20H,4-6,10-11,14-17H2,1-3H3,(H,24,29)/t20-/m1/s1. The zero-order valence-electron chi connectivity index (χ0n) is 18.5. The lowest BCUT2D eigenvalue weighted by Gasteiger charge is -2.23. The van der Waals surface area contributed by atoms with E-state index in [1.165, 1.54) is 43.0 Å². The van der Waals surface area contributed by atoms with Crippen molar-refractivity contribution >= 4 is 17.7 Å². The van der Waals surface area contributed by atoms with E-state index in [-0.39, 0.29) is 11.9 Å². The highest BCUT2D eigenvalue weighted by molar-refractivity contribution is 7.99. The molecule has 1 N–H and O–H groups in total. The van der Waals surface area contributed by atoms with E-state index in [1.807, 2.05) is 6.07 Å². The first-order valence-corrected chi connectivity index (χ1v) is 12.1. The van der Waals surface area contributed by atoms with Crippen molar-refractivity contribution in [2.45, 2.75) is 75.7 Å². The molecule has 7 heteroatoms. The number of amides is 1. The fourth-order valence-electron chi connectivity index (χ4n) is 4.17. The summed E-state index contributed by atoms with van der Waals surface area (Å²) in [4.78, 5) is 14.8. The van der Waals surface area contributed by atoms with E-state index in [0.717, 1.165) is 30.2 Å². The van der Waals surface area contributed by atoms with Crippen LogP contribution in [-0.4, -0.2) is 51.5 Å². The van der Waals surface area contributed by atoms with Crippen molar-refractivity contribution in [3.05, 3.63) is 41.7 Å². The van der Waals surface area contributed by atoms with Crippen LogP contribution in [0.2, 0.25) is 0 Å². The molecule has 1 aromatic heterocycles. The Bertz CT molecular complexity index is 784. The molecule has 0 radical (unpaired) electrons. The first-order valence-electron chi connectivity index (χ1n) is 11.1. The molecule has 1 aromatic carbocycles. The average Bonchev–Trinajstić information content (AvgIpc) is 2.94. The molecule has 0 unspecified atom stereocenters. The van der Waals surface area contributed by atoms with Gasteiger partial charge in [-0.2, -0.15) is 0 Å². The lowest BCUT2D eigenvalue weighted by molar-refractivity contribution is -0.119. The van der Waals surface area contributed by atoms with Crippen LogP contribution in [0, 0.1) is 0 Å². The van der Waals surface area contributed by atoms with Crippen LogP contribution < -0.4 is 5.32 Å². The Morgan fingerprint density at radius 1 is 1.17 bits per heavy atom. The van der Waals surface area contributed by atoms with Gasteiger partial charge in [-0.05, 0) is 38.9 Å². The Morgan fingerprint density at radius 3 is 2.50 bits per heavy atom. The maximum Gasteiger partial charge on any atom is 0.230 e. The van der Waals surface area contributed by atoms with Gasteiger partial charge in [-0.3, -0.25) is 9.69 Å². The Morgan fingerprint density at radius 2 is 1.87 bits per heavy atom. The van der Waals surface area contributed by atoms with Crippen molar-refractivity contribution < 1.29 is 4.79 Å². The first-order chi connectivity index (χ1) is 14.6. The fourth-order valence-corrected chi connectivity index (χ4v) is 4.93. The second-order valence-corrected chi connectivity index (χ2v) is 9.29. The summed E-state index contributed by atoms with van der Waals surface area (Å²) < 4.78 is 2.17. The molecule has 2 aromatic rings. The summed E-state index contributed by atoms with van der Waals surface area (Å²) in [6, 6.07) is 10.9. The van der Waals surface area contributed by atoms with Crippen molar-refractivity contribution in [3.63, 3.8) is 0 Å². The molecule has 0 saturated heterocycles. The van der Waals surface area contributed by atoms with Gasteiger partial charge in [0.25, 0.3) is 0 Å². The maximum absolute atomic E-state index is 12.6. The number of aromatic nitrogens is 3. The van der Waals surface area contributed by atoms with Crippen LogP contribution in [-0.2, 0) is 11.3 Å². The van der Waals surface area contributed by atoms with Crippen molar-refractivity contribution in [2.24, 2.45) is 0 Å². The Balaban J connectivity index is 1.71. The van der Waals surface area contributed by atoms with Gasteiger partial charge in [0.2, 0.25) is 5.91 Å². The number of hydrogen-bond donors (Lipinski definition) is 1. The summed E-state index contributed by atoms with van der Waals surface area (Å²) in [5, 5.41) is 13.0. The topological polar surface area (TPSA) is 63.1 Å². The number of carbonyl (C=O) groups excluding carboxylic acids is 1. The smallest absolute Gasteiger partial charge is 0.230 e. The quantitative estimate of drug-likeness (QED) is 0.476. The summed E-state index contributed by atoms with van der Waals surface area (Å²) in [6.45, 7) is 2.87. The SMILES string of the molecule is CC[C@H](c1nnc(SCC(=O)NC2CCCCCC2)n1Cc1ccccc1)N(C)C. The zero-order chi connectivity index (χ0) is 21.3. The molecule has 30 heavy (non-hydrogen) atoms. The van der Waals surface area contributed by atoms with Gasteiger partial charge in [-0.15, -0.1) is 10.2 Å². The molecule has 1 saturated carbocycles. The summed E-state index contributed by atoms with van der Waals surface area (Å²) in [7, 11) is 4.14. The number of thioether (sulfide) groups is 1. The van der Waals surface area contributed by atoms with Gasteiger partial charge < -0.3 is 9.88 Å². The molecule has 0 aliphatic heterocycles. The number of rotatable bonds is 9. The van der Waals surface area contributed by atoms with Crippen LogP contribution in [0.5, 0.6) is 0 Å². The molecule has 6 nitrogen and oxygen atoms in total.